The monoisotopic (exact) mass is 389 g/mol. The lowest BCUT2D eigenvalue weighted by Gasteiger charge is -2.14. The lowest BCUT2D eigenvalue weighted by atomic mass is 10.2. The molecule has 1 unspecified atom stereocenters. The van der Waals surface area contributed by atoms with Gasteiger partial charge in [0.1, 0.15) is 5.75 Å². The SMILES string of the molecule is COc1ccc(SC(C)C(=O)NCc2ccc(OC(C)C)cc2)cc1OC. The summed E-state index contributed by atoms with van der Waals surface area (Å²) in [5.41, 5.74) is 1.03. The molecule has 1 N–H and O–H groups in total. The Balaban J connectivity index is 1.88. The van der Waals surface area contributed by atoms with Crippen molar-refractivity contribution in [2.45, 2.75) is 43.6 Å². The predicted molar refractivity (Wildman–Crippen MR) is 109 cm³/mol. The summed E-state index contributed by atoms with van der Waals surface area (Å²) in [5, 5.41) is 2.74. The number of amides is 1. The minimum absolute atomic E-state index is 0.0164. The number of nitrogens with one attached hydrogen (secondary N) is 1. The fourth-order valence-corrected chi connectivity index (χ4v) is 3.36. The summed E-state index contributed by atoms with van der Waals surface area (Å²) < 4.78 is 16.2. The Kier molecular flexibility index (Phi) is 7.85. The molecule has 0 aromatic heterocycles. The Morgan fingerprint density at radius 1 is 1.00 bits per heavy atom. The third kappa shape index (κ3) is 6.40. The van der Waals surface area contributed by atoms with Crippen LogP contribution in [-0.2, 0) is 11.3 Å². The van der Waals surface area contributed by atoms with Gasteiger partial charge in [-0.25, -0.2) is 0 Å². The molecule has 2 aromatic rings. The third-order valence-electron chi connectivity index (χ3n) is 3.80. The highest BCUT2D eigenvalue weighted by atomic mass is 32.2. The summed E-state index contributed by atoms with van der Waals surface area (Å²) in [5.74, 6) is 2.14. The van der Waals surface area contributed by atoms with Crippen molar-refractivity contribution in [2.75, 3.05) is 14.2 Å². The lowest BCUT2D eigenvalue weighted by Crippen LogP contribution is -2.30. The number of ether oxygens (including phenoxy) is 3. The number of benzene rings is 2. The molecule has 1 amide bonds. The van der Waals surface area contributed by atoms with Crippen molar-refractivity contribution in [1.29, 1.82) is 0 Å². The Hall–Kier alpha value is -2.34. The van der Waals surface area contributed by atoms with Gasteiger partial charge in [-0.1, -0.05) is 12.1 Å². The number of hydrogen-bond acceptors (Lipinski definition) is 5. The molecule has 0 aliphatic heterocycles. The molecule has 2 aromatic carbocycles. The van der Waals surface area contributed by atoms with Crippen molar-refractivity contribution in [1.82, 2.24) is 5.32 Å². The number of thioether (sulfide) groups is 1. The maximum absolute atomic E-state index is 12.4. The second kappa shape index (κ2) is 10.1. The molecular formula is C21H27NO4S. The Morgan fingerprint density at radius 3 is 2.26 bits per heavy atom. The minimum atomic E-state index is -0.230. The van der Waals surface area contributed by atoms with Crippen molar-refractivity contribution in [2.24, 2.45) is 0 Å². The Morgan fingerprint density at radius 2 is 1.67 bits per heavy atom. The molecule has 27 heavy (non-hydrogen) atoms. The van der Waals surface area contributed by atoms with Gasteiger partial charge >= 0.3 is 0 Å². The lowest BCUT2D eigenvalue weighted by molar-refractivity contribution is -0.120. The van der Waals surface area contributed by atoms with Gasteiger partial charge in [0.15, 0.2) is 11.5 Å². The minimum Gasteiger partial charge on any atom is -0.493 e. The third-order valence-corrected chi connectivity index (χ3v) is 4.89. The Labute approximate surface area is 165 Å². The molecule has 1 atom stereocenters. The van der Waals surface area contributed by atoms with E-state index in [1.54, 1.807) is 14.2 Å². The van der Waals surface area contributed by atoms with Crippen molar-refractivity contribution in [3.63, 3.8) is 0 Å². The van der Waals surface area contributed by atoms with Gasteiger partial charge in [-0.05, 0) is 56.7 Å². The van der Waals surface area contributed by atoms with E-state index in [-0.39, 0.29) is 17.3 Å². The zero-order chi connectivity index (χ0) is 19.8. The average molecular weight is 390 g/mol. The van der Waals surface area contributed by atoms with Crippen molar-refractivity contribution in [3.8, 4) is 17.2 Å². The van der Waals surface area contributed by atoms with Crippen LogP contribution in [0.25, 0.3) is 0 Å². The molecule has 146 valence electrons. The number of hydrogen-bond donors (Lipinski definition) is 1. The molecule has 0 saturated carbocycles. The molecule has 0 radical (unpaired) electrons. The zero-order valence-corrected chi connectivity index (χ0v) is 17.3. The summed E-state index contributed by atoms with van der Waals surface area (Å²) in [6, 6.07) is 13.4. The van der Waals surface area contributed by atoms with Crippen LogP contribution in [0.2, 0.25) is 0 Å². The van der Waals surface area contributed by atoms with Gasteiger partial charge in [0.2, 0.25) is 5.91 Å². The number of rotatable bonds is 9. The van der Waals surface area contributed by atoms with E-state index in [4.69, 9.17) is 14.2 Å². The van der Waals surface area contributed by atoms with Crippen LogP contribution in [0, 0.1) is 0 Å². The van der Waals surface area contributed by atoms with Crippen LogP contribution in [0.15, 0.2) is 47.4 Å². The highest BCUT2D eigenvalue weighted by molar-refractivity contribution is 8.00. The summed E-state index contributed by atoms with van der Waals surface area (Å²) in [6.07, 6.45) is 0.144. The van der Waals surface area contributed by atoms with Crippen LogP contribution in [0.4, 0.5) is 0 Å². The summed E-state index contributed by atoms with van der Waals surface area (Å²) >= 11 is 1.48. The van der Waals surface area contributed by atoms with Gasteiger partial charge in [-0.3, -0.25) is 4.79 Å². The summed E-state index contributed by atoms with van der Waals surface area (Å²) in [7, 11) is 3.20. The molecule has 0 fully saturated rings. The maximum atomic E-state index is 12.4. The van der Waals surface area contributed by atoms with Crippen LogP contribution < -0.4 is 19.5 Å². The molecular weight excluding hydrogens is 362 g/mol. The molecule has 0 heterocycles. The first-order valence-corrected chi connectivity index (χ1v) is 9.73. The number of carbonyl (C=O) groups excluding carboxylic acids is 1. The summed E-state index contributed by atoms with van der Waals surface area (Å²) in [6.45, 7) is 6.35. The number of methoxy groups -OCH3 is 2. The van der Waals surface area contributed by atoms with E-state index in [0.29, 0.717) is 18.0 Å². The number of carbonyl (C=O) groups is 1. The zero-order valence-electron chi connectivity index (χ0n) is 16.4. The van der Waals surface area contributed by atoms with Crippen molar-refractivity contribution in [3.05, 3.63) is 48.0 Å². The molecule has 0 spiro atoms. The van der Waals surface area contributed by atoms with E-state index in [9.17, 15) is 4.79 Å². The first kappa shape index (κ1) is 21.0. The van der Waals surface area contributed by atoms with Crippen molar-refractivity contribution >= 4 is 17.7 Å². The topological polar surface area (TPSA) is 56.8 Å². The van der Waals surface area contributed by atoms with Crippen LogP contribution in [0.3, 0.4) is 0 Å². The highest BCUT2D eigenvalue weighted by Crippen LogP contribution is 2.33. The van der Waals surface area contributed by atoms with Crippen LogP contribution in [0.5, 0.6) is 17.2 Å². The first-order chi connectivity index (χ1) is 12.9. The normalized spacial score (nSPS) is 11.8. The molecule has 0 saturated heterocycles. The largest absolute Gasteiger partial charge is 0.493 e. The van der Waals surface area contributed by atoms with Gasteiger partial charge in [0, 0.05) is 11.4 Å². The molecule has 5 nitrogen and oxygen atoms in total. The van der Waals surface area contributed by atoms with Crippen LogP contribution in [0.1, 0.15) is 26.3 Å². The smallest absolute Gasteiger partial charge is 0.233 e. The second-order valence-electron chi connectivity index (χ2n) is 6.31. The van der Waals surface area contributed by atoms with Crippen LogP contribution in [-0.4, -0.2) is 31.5 Å². The molecule has 0 aliphatic carbocycles. The van der Waals surface area contributed by atoms with E-state index < -0.39 is 0 Å². The fourth-order valence-electron chi connectivity index (χ4n) is 2.44. The van der Waals surface area contributed by atoms with E-state index >= 15 is 0 Å². The first-order valence-electron chi connectivity index (χ1n) is 8.85. The molecule has 6 heteroatoms. The highest BCUT2D eigenvalue weighted by Gasteiger charge is 2.15. The standard InChI is InChI=1S/C21H27NO4S/c1-14(2)26-17-8-6-16(7-9-17)13-22-21(23)15(3)27-18-10-11-19(24-4)20(12-18)25-5/h6-12,14-15H,13H2,1-5H3,(H,22,23). The molecule has 2 rings (SSSR count). The van der Waals surface area contributed by atoms with Gasteiger partial charge in [0.25, 0.3) is 0 Å². The summed E-state index contributed by atoms with van der Waals surface area (Å²) in [4.78, 5) is 13.3. The van der Waals surface area contributed by atoms with E-state index in [1.165, 1.54) is 11.8 Å². The van der Waals surface area contributed by atoms with Gasteiger partial charge in [0.05, 0.1) is 25.6 Å². The van der Waals surface area contributed by atoms with E-state index in [0.717, 1.165) is 16.2 Å². The maximum Gasteiger partial charge on any atom is 0.233 e. The van der Waals surface area contributed by atoms with Gasteiger partial charge in [-0.15, -0.1) is 11.8 Å². The van der Waals surface area contributed by atoms with E-state index in [1.807, 2.05) is 63.2 Å². The molecule has 0 aliphatic rings. The second-order valence-corrected chi connectivity index (χ2v) is 7.72. The van der Waals surface area contributed by atoms with E-state index in [2.05, 4.69) is 5.32 Å². The average Bonchev–Trinajstić information content (AvgIpc) is 2.66. The predicted octanol–water partition coefficient (Wildman–Crippen LogP) is 4.29. The van der Waals surface area contributed by atoms with Gasteiger partial charge < -0.3 is 19.5 Å². The van der Waals surface area contributed by atoms with Gasteiger partial charge in [-0.2, -0.15) is 0 Å². The Bertz CT molecular complexity index is 746. The van der Waals surface area contributed by atoms with Crippen LogP contribution >= 0.6 is 11.8 Å². The fraction of sp³-hybridized carbons (Fsp3) is 0.381. The molecule has 0 bridgehead atoms. The van der Waals surface area contributed by atoms with Crippen molar-refractivity contribution < 1.29 is 19.0 Å². The quantitative estimate of drug-likeness (QED) is 0.649.